The summed E-state index contributed by atoms with van der Waals surface area (Å²) in [7, 11) is 0. The van der Waals surface area contributed by atoms with Gasteiger partial charge in [-0.25, -0.2) is 14.8 Å². The molecule has 3 N–H and O–H groups in total. The smallest absolute Gasteiger partial charge is 0.314 e. The molecule has 1 fully saturated rings. The van der Waals surface area contributed by atoms with Crippen LogP contribution in [-0.2, 0) is 11.2 Å². The first-order chi connectivity index (χ1) is 11.1. The lowest BCUT2D eigenvalue weighted by Crippen LogP contribution is -2.37. The Morgan fingerprint density at radius 2 is 1.83 bits per heavy atom. The van der Waals surface area contributed by atoms with Crippen LogP contribution in [0.1, 0.15) is 37.7 Å². The first-order valence-electron chi connectivity index (χ1n) is 7.84. The summed E-state index contributed by atoms with van der Waals surface area (Å²) >= 11 is 1.75. The van der Waals surface area contributed by atoms with E-state index in [1.807, 2.05) is 0 Å². The molecule has 7 nitrogen and oxygen atoms in total. The third-order valence-electron chi connectivity index (χ3n) is 3.58. The summed E-state index contributed by atoms with van der Waals surface area (Å²) in [5, 5.41) is 15.1. The van der Waals surface area contributed by atoms with Gasteiger partial charge in [0.1, 0.15) is 0 Å². The molecule has 0 bridgehead atoms. The van der Waals surface area contributed by atoms with E-state index >= 15 is 0 Å². The molecule has 0 atom stereocenters. The number of rotatable bonds is 8. The van der Waals surface area contributed by atoms with Crippen molar-refractivity contribution in [3.05, 3.63) is 18.0 Å². The minimum Gasteiger partial charge on any atom is -0.481 e. The highest BCUT2D eigenvalue weighted by Crippen LogP contribution is 2.32. The molecule has 126 valence electrons. The van der Waals surface area contributed by atoms with Crippen molar-refractivity contribution in [3.8, 4) is 0 Å². The van der Waals surface area contributed by atoms with Crippen molar-refractivity contribution in [1.82, 2.24) is 20.6 Å². The highest BCUT2D eigenvalue weighted by molar-refractivity contribution is 7.99. The maximum Gasteiger partial charge on any atom is 0.314 e. The number of aliphatic carboxylic acids is 1. The van der Waals surface area contributed by atoms with Crippen molar-refractivity contribution in [2.45, 2.75) is 48.9 Å². The molecule has 2 rings (SSSR count). The van der Waals surface area contributed by atoms with E-state index in [1.165, 1.54) is 25.7 Å². The van der Waals surface area contributed by atoms with Crippen LogP contribution in [-0.4, -0.2) is 45.4 Å². The zero-order valence-electron chi connectivity index (χ0n) is 13.0. The molecule has 0 saturated heterocycles. The van der Waals surface area contributed by atoms with Crippen LogP contribution in [0.25, 0.3) is 0 Å². The van der Waals surface area contributed by atoms with Crippen molar-refractivity contribution in [3.63, 3.8) is 0 Å². The van der Waals surface area contributed by atoms with Gasteiger partial charge in [-0.3, -0.25) is 4.79 Å². The highest BCUT2D eigenvalue weighted by atomic mass is 32.2. The number of amides is 2. The molecular formula is C15H22N4O3S. The fraction of sp³-hybridized carbons (Fsp3) is 0.600. The Kier molecular flexibility index (Phi) is 7.12. The standard InChI is InChI=1S/C15H22N4O3S/c20-13(21)6-8-17-14(22)16-7-5-11-9-18-15(19-10-11)23-12-3-1-2-4-12/h9-10,12H,1-8H2,(H,20,21)(H2,16,17,22). The molecule has 8 heteroatoms. The van der Waals surface area contributed by atoms with Gasteiger partial charge in [0.15, 0.2) is 5.16 Å². The second-order valence-corrected chi connectivity index (χ2v) is 6.74. The summed E-state index contributed by atoms with van der Waals surface area (Å²) < 4.78 is 0. The largest absolute Gasteiger partial charge is 0.481 e. The predicted octanol–water partition coefficient (Wildman–Crippen LogP) is 1.83. The van der Waals surface area contributed by atoms with Crippen molar-refractivity contribution < 1.29 is 14.7 Å². The zero-order valence-corrected chi connectivity index (χ0v) is 13.8. The normalized spacial score (nSPS) is 14.6. The van der Waals surface area contributed by atoms with Crippen molar-refractivity contribution in [2.75, 3.05) is 13.1 Å². The molecule has 1 aromatic rings. The van der Waals surface area contributed by atoms with Gasteiger partial charge >= 0.3 is 12.0 Å². The number of aromatic nitrogens is 2. The Morgan fingerprint density at radius 3 is 2.48 bits per heavy atom. The first kappa shape index (κ1) is 17.5. The average Bonchev–Trinajstić information content (AvgIpc) is 3.01. The first-order valence-corrected chi connectivity index (χ1v) is 8.72. The number of thioether (sulfide) groups is 1. The molecule has 0 unspecified atom stereocenters. The molecule has 1 aliphatic rings. The molecule has 1 aliphatic carbocycles. The molecule has 0 radical (unpaired) electrons. The second kappa shape index (κ2) is 9.34. The van der Waals surface area contributed by atoms with Gasteiger partial charge in [-0.1, -0.05) is 24.6 Å². The third-order valence-corrected chi connectivity index (χ3v) is 4.81. The minimum atomic E-state index is -0.932. The molecule has 1 saturated carbocycles. The Balaban J connectivity index is 1.63. The fourth-order valence-corrected chi connectivity index (χ4v) is 3.45. The van der Waals surface area contributed by atoms with Gasteiger partial charge in [-0.2, -0.15) is 0 Å². The van der Waals surface area contributed by atoms with E-state index < -0.39 is 5.97 Å². The summed E-state index contributed by atoms with van der Waals surface area (Å²) in [5.41, 5.74) is 0.964. The van der Waals surface area contributed by atoms with Crippen LogP contribution in [0, 0.1) is 0 Å². The Bertz CT molecular complexity index is 518. The lowest BCUT2D eigenvalue weighted by Gasteiger charge is -2.08. The Labute approximate surface area is 139 Å². The molecular weight excluding hydrogens is 316 g/mol. The van der Waals surface area contributed by atoms with Crippen molar-refractivity contribution in [2.24, 2.45) is 0 Å². The number of carboxylic acid groups (broad SMARTS) is 1. The average molecular weight is 338 g/mol. The molecule has 0 aromatic carbocycles. The monoisotopic (exact) mass is 338 g/mol. The van der Waals surface area contributed by atoms with Gasteiger partial charge in [0, 0.05) is 30.7 Å². The van der Waals surface area contributed by atoms with Gasteiger partial charge in [-0.05, 0) is 24.8 Å². The van der Waals surface area contributed by atoms with Crippen LogP contribution in [0.5, 0.6) is 0 Å². The van der Waals surface area contributed by atoms with Gasteiger partial charge in [0.25, 0.3) is 0 Å². The maximum absolute atomic E-state index is 11.4. The van der Waals surface area contributed by atoms with Crippen LogP contribution in [0.15, 0.2) is 17.6 Å². The third kappa shape index (κ3) is 6.85. The molecule has 1 aromatic heterocycles. The maximum atomic E-state index is 11.4. The number of carbonyl (C=O) groups is 2. The summed E-state index contributed by atoms with van der Waals surface area (Å²) in [4.78, 5) is 30.5. The van der Waals surface area contributed by atoms with E-state index in [2.05, 4.69) is 20.6 Å². The van der Waals surface area contributed by atoms with E-state index in [1.54, 1.807) is 24.2 Å². The van der Waals surface area contributed by atoms with Gasteiger partial charge < -0.3 is 15.7 Å². The lowest BCUT2D eigenvalue weighted by atomic mass is 10.2. The fourth-order valence-electron chi connectivity index (χ4n) is 2.35. The van der Waals surface area contributed by atoms with Crippen LogP contribution in [0.3, 0.4) is 0 Å². The van der Waals surface area contributed by atoms with E-state index in [9.17, 15) is 9.59 Å². The van der Waals surface area contributed by atoms with Crippen LogP contribution in [0.2, 0.25) is 0 Å². The van der Waals surface area contributed by atoms with E-state index in [-0.39, 0.29) is 19.0 Å². The number of urea groups is 1. The second-order valence-electron chi connectivity index (χ2n) is 5.47. The van der Waals surface area contributed by atoms with Crippen LogP contribution >= 0.6 is 11.8 Å². The van der Waals surface area contributed by atoms with E-state index in [4.69, 9.17) is 5.11 Å². The summed E-state index contributed by atoms with van der Waals surface area (Å²) in [5.74, 6) is -0.932. The molecule has 0 spiro atoms. The Morgan fingerprint density at radius 1 is 1.17 bits per heavy atom. The summed E-state index contributed by atoms with van der Waals surface area (Å²) in [6.45, 7) is 0.578. The predicted molar refractivity (Wildman–Crippen MR) is 87.5 cm³/mol. The zero-order chi connectivity index (χ0) is 16.5. The van der Waals surface area contributed by atoms with Gasteiger partial charge in [-0.15, -0.1) is 0 Å². The molecule has 0 aliphatic heterocycles. The minimum absolute atomic E-state index is 0.0820. The van der Waals surface area contributed by atoms with Gasteiger partial charge in [0.2, 0.25) is 0 Å². The van der Waals surface area contributed by atoms with Crippen molar-refractivity contribution >= 4 is 23.8 Å². The number of hydrogen-bond donors (Lipinski definition) is 3. The Hall–Kier alpha value is -1.83. The molecule has 23 heavy (non-hydrogen) atoms. The van der Waals surface area contributed by atoms with Crippen LogP contribution in [0.4, 0.5) is 4.79 Å². The van der Waals surface area contributed by atoms with Crippen LogP contribution < -0.4 is 10.6 Å². The molecule has 2 amide bonds. The lowest BCUT2D eigenvalue weighted by molar-refractivity contribution is -0.136. The van der Waals surface area contributed by atoms with E-state index in [0.717, 1.165) is 10.7 Å². The number of carbonyl (C=O) groups excluding carboxylic acids is 1. The number of nitrogens with one attached hydrogen (secondary N) is 2. The topological polar surface area (TPSA) is 104 Å². The van der Waals surface area contributed by atoms with Crippen molar-refractivity contribution in [1.29, 1.82) is 0 Å². The van der Waals surface area contributed by atoms with Gasteiger partial charge in [0.05, 0.1) is 6.42 Å². The molecule has 1 heterocycles. The number of hydrogen-bond acceptors (Lipinski definition) is 5. The summed E-state index contributed by atoms with van der Waals surface area (Å²) in [6.07, 6.45) is 9.25. The number of nitrogens with zero attached hydrogens (tertiary/aromatic N) is 2. The quantitative estimate of drug-likeness (QED) is 0.625. The van der Waals surface area contributed by atoms with E-state index in [0.29, 0.717) is 18.2 Å². The SMILES string of the molecule is O=C(O)CCNC(=O)NCCc1cnc(SC2CCCC2)nc1. The highest BCUT2D eigenvalue weighted by Gasteiger charge is 2.17. The summed E-state index contributed by atoms with van der Waals surface area (Å²) in [6, 6.07) is -0.361. The number of carboxylic acids is 1.